The highest BCUT2D eigenvalue weighted by atomic mass is 19.3. The number of fused-ring (bicyclic) bond motifs is 1. The Morgan fingerprint density at radius 2 is 2.06 bits per heavy atom. The van der Waals surface area contributed by atoms with E-state index in [1.165, 1.54) is 4.90 Å². The molecule has 1 aromatic heterocycles. The predicted molar refractivity (Wildman–Crippen MR) is 124 cm³/mol. The van der Waals surface area contributed by atoms with E-state index >= 15 is 0 Å². The number of aromatic nitrogens is 2. The predicted octanol–water partition coefficient (Wildman–Crippen LogP) is 3.44. The van der Waals surface area contributed by atoms with Gasteiger partial charge in [0.1, 0.15) is 17.2 Å². The van der Waals surface area contributed by atoms with Gasteiger partial charge in [-0.1, -0.05) is 0 Å². The molecule has 1 amide bonds. The number of amides is 1. The summed E-state index contributed by atoms with van der Waals surface area (Å²) in [6.07, 6.45) is 6.68. The van der Waals surface area contributed by atoms with E-state index in [9.17, 15) is 27.6 Å². The zero-order valence-corrected chi connectivity index (χ0v) is 18.8. The van der Waals surface area contributed by atoms with Gasteiger partial charge in [0.15, 0.2) is 0 Å². The monoisotopic (exact) mass is 497 g/mol. The third kappa shape index (κ3) is 4.06. The van der Waals surface area contributed by atoms with Crippen molar-refractivity contribution in [3.8, 4) is 6.07 Å². The second-order valence-corrected chi connectivity index (χ2v) is 8.64. The lowest BCUT2D eigenvalue weighted by atomic mass is 9.86. The van der Waals surface area contributed by atoms with E-state index in [-0.39, 0.29) is 25.2 Å². The highest BCUT2D eigenvalue weighted by Crippen LogP contribution is 2.38. The molecule has 2 aromatic rings. The Kier molecular flexibility index (Phi) is 5.91. The minimum absolute atomic E-state index is 0.0740. The fraction of sp³-hybridized carbons (Fsp3) is 0.292. The smallest absolute Gasteiger partial charge is 0.255 e. The number of aliphatic imine (C=N–C) groups is 2. The van der Waals surface area contributed by atoms with Gasteiger partial charge in [0.2, 0.25) is 0 Å². The maximum absolute atomic E-state index is 14.8. The quantitative estimate of drug-likeness (QED) is 0.593. The summed E-state index contributed by atoms with van der Waals surface area (Å²) in [6.45, 7) is -0.641. The average Bonchev–Trinajstić information content (AvgIpc) is 3.51. The summed E-state index contributed by atoms with van der Waals surface area (Å²) in [5.74, 6) is -3.05. The van der Waals surface area contributed by atoms with Crippen LogP contribution in [-0.4, -0.2) is 53.7 Å². The minimum Gasteiger partial charge on any atom is -0.364 e. The normalized spacial score (nSPS) is 17.7. The molecule has 5 rings (SSSR count). The lowest BCUT2D eigenvalue weighted by Gasteiger charge is -2.50. The van der Waals surface area contributed by atoms with Gasteiger partial charge in [0.05, 0.1) is 47.9 Å². The van der Waals surface area contributed by atoms with Crippen LogP contribution in [0, 0.1) is 23.0 Å². The van der Waals surface area contributed by atoms with Gasteiger partial charge in [-0.3, -0.25) is 19.5 Å². The van der Waals surface area contributed by atoms with Crippen LogP contribution in [0.3, 0.4) is 0 Å². The first-order valence-corrected chi connectivity index (χ1v) is 11.0. The molecule has 0 aliphatic carbocycles. The van der Waals surface area contributed by atoms with Gasteiger partial charge >= 0.3 is 0 Å². The number of alkyl halides is 2. The molecule has 0 radical (unpaired) electrons. The van der Waals surface area contributed by atoms with Gasteiger partial charge < -0.3 is 10.2 Å². The first-order valence-electron chi connectivity index (χ1n) is 11.0. The number of carbonyl (C=O) groups is 1. The van der Waals surface area contributed by atoms with Crippen molar-refractivity contribution in [2.24, 2.45) is 9.98 Å². The van der Waals surface area contributed by atoms with Crippen LogP contribution in [0.1, 0.15) is 28.8 Å². The fourth-order valence-electron chi connectivity index (χ4n) is 4.51. The zero-order chi connectivity index (χ0) is 25.4. The van der Waals surface area contributed by atoms with Gasteiger partial charge in [-0.2, -0.15) is 10.4 Å². The second-order valence-electron chi connectivity index (χ2n) is 8.64. The maximum Gasteiger partial charge on any atom is 0.255 e. The van der Waals surface area contributed by atoms with Crippen LogP contribution in [0.5, 0.6) is 0 Å². The van der Waals surface area contributed by atoms with Crippen molar-refractivity contribution in [3.05, 3.63) is 65.1 Å². The standard InChI is InChI=1S/C24H19F4N7O/c25-17-8-20(18(26)7-16(17)23(36)32-10-21(27)28)34-12-24(13-34,3-4-29)35-11-14(9-33-35)22-15-1-5-30-19(15)2-6-31-22/h1,5-9,11,21H,2-3,10,12-13H2,(H,32,36). The second kappa shape index (κ2) is 9.07. The Labute approximate surface area is 202 Å². The Bertz CT molecular complexity index is 1390. The highest BCUT2D eigenvalue weighted by Gasteiger charge is 2.46. The number of nitrogens with zero attached hydrogens (tertiary/aromatic N) is 6. The number of benzene rings is 1. The zero-order valence-electron chi connectivity index (χ0n) is 18.8. The van der Waals surface area contributed by atoms with Crippen LogP contribution in [0.15, 0.2) is 52.4 Å². The molecule has 1 fully saturated rings. The summed E-state index contributed by atoms with van der Waals surface area (Å²) in [4.78, 5) is 22.3. The number of nitriles is 1. The Balaban J connectivity index is 1.37. The van der Waals surface area contributed by atoms with E-state index in [4.69, 9.17) is 0 Å². The Morgan fingerprint density at radius 1 is 1.25 bits per heavy atom. The third-order valence-corrected chi connectivity index (χ3v) is 6.30. The molecule has 1 aromatic carbocycles. The summed E-state index contributed by atoms with van der Waals surface area (Å²) in [5, 5.41) is 15.7. The lowest BCUT2D eigenvalue weighted by Crippen LogP contribution is -2.63. The molecule has 184 valence electrons. The van der Waals surface area contributed by atoms with E-state index < -0.39 is 41.6 Å². The molecule has 3 aliphatic heterocycles. The van der Waals surface area contributed by atoms with Crippen molar-refractivity contribution in [1.29, 1.82) is 5.26 Å². The fourth-order valence-corrected chi connectivity index (χ4v) is 4.51. The summed E-state index contributed by atoms with van der Waals surface area (Å²) >= 11 is 0. The average molecular weight is 497 g/mol. The molecule has 3 aliphatic rings. The molecule has 12 heteroatoms. The van der Waals surface area contributed by atoms with Crippen molar-refractivity contribution >= 4 is 29.2 Å². The topological polar surface area (TPSA) is 98.7 Å². The van der Waals surface area contributed by atoms with E-state index in [1.807, 2.05) is 11.4 Å². The first-order chi connectivity index (χ1) is 17.3. The minimum atomic E-state index is -2.81. The van der Waals surface area contributed by atoms with Crippen molar-refractivity contribution in [2.75, 3.05) is 24.5 Å². The van der Waals surface area contributed by atoms with Crippen LogP contribution in [-0.2, 0) is 5.54 Å². The summed E-state index contributed by atoms with van der Waals surface area (Å²) in [6, 6.07) is 3.68. The molecule has 36 heavy (non-hydrogen) atoms. The molecular weight excluding hydrogens is 478 g/mol. The van der Waals surface area contributed by atoms with Crippen LogP contribution in [0.2, 0.25) is 0 Å². The van der Waals surface area contributed by atoms with Gasteiger partial charge in [0.25, 0.3) is 12.3 Å². The lowest BCUT2D eigenvalue weighted by molar-refractivity contribution is 0.0887. The van der Waals surface area contributed by atoms with Gasteiger partial charge in [-0.05, 0) is 12.1 Å². The molecule has 8 nitrogen and oxygen atoms in total. The Morgan fingerprint density at radius 3 is 2.81 bits per heavy atom. The van der Waals surface area contributed by atoms with Gasteiger partial charge in [-0.15, -0.1) is 0 Å². The number of anilines is 1. The Hall–Kier alpha value is -4.27. The highest BCUT2D eigenvalue weighted by molar-refractivity contribution is 6.18. The number of hydrogen-bond donors (Lipinski definition) is 1. The van der Waals surface area contributed by atoms with Gasteiger partial charge in [0, 0.05) is 55.3 Å². The van der Waals surface area contributed by atoms with Crippen LogP contribution in [0.4, 0.5) is 23.2 Å². The third-order valence-electron chi connectivity index (χ3n) is 6.30. The molecule has 1 N–H and O–H groups in total. The van der Waals surface area contributed by atoms with Crippen molar-refractivity contribution in [3.63, 3.8) is 0 Å². The van der Waals surface area contributed by atoms with E-state index in [0.29, 0.717) is 12.5 Å². The summed E-state index contributed by atoms with van der Waals surface area (Å²) in [7, 11) is 0. The van der Waals surface area contributed by atoms with E-state index in [1.54, 1.807) is 29.5 Å². The van der Waals surface area contributed by atoms with E-state index in [0.717, 1.165) is 28.6 Å². The SMILES string of the molecule is N#CCC1(n2cc(C3=C4C=CN=C4CC=N3)cn2)CN(c2cc(F)c(C(=O)NCC(F)F)cc2F)C1. The van der Waals surface area contributed by atoms with Gasteiger partial charge in [-0.25, -0.2) is 17.6 Å². The van der Waals surface area contributed by atoms with Crippen LogP contribution >= 0.6 is 0 Å². The van der Waals surface area contributed by atoms with Crippen molar-refractivity contribution in [1.82, 2.24) is 15.1 Å². The number of nitrogens with one attached hydrogen (secondary N) is 1. The van der Waals surface area contributed by atoms with E-state index in [2.05, 4.69) is 21.2 Å². The van der Waals surface area contributed by atoms with Crippen molar-refractivity contribution < 1.29 is 22.4 Å². The molecule has 0 spiro atoms. The first kappa shape index (κ1) is 23.5. The maximum atomic E-state index is 14.8. The largest absolute Gasteiger partial charge is 0.364 e. The summed E-state index contributed by atoms with van der Waals surface area (Å²) in [5.41, 5.74) is 1.75. The molecule has 0 atom stereocenters. The van der Waals surface area contributed by atoms with Crippen LogP contribution in [0.25, 0.3) is 5.70 Å². The number of rotatable bonds is 7. The molecule has 0 saturated carbocycles. The molecule has 0 unspecified atom stereocenters. The molecular formula is C24H19F4N7O. The van der Waals surface area contributed by atoms with Crippen LogP contribution < -0.4 is 10.2 Å². The van der Waals surface area contributed by atoms with Crippen molar-refractivity contribution in [2.45, 2.75) is 24.8 Å². The number of carbonyl (C=O) groups excluding carboxylic acids is 1. The number of halogens is 4. The number of allylic oxidation sites excluding steroid dienone is 2. The molecule has 4 heterocycles. The summed E-state index contributed by atoms with van der Waals surface area (Å²) < 4.78 is 55.7. The molecule has 0 bridgehead atoms. The number of hydrogen-bond acceptors (Lipinski definition) is 6. The molecule has 1 saturated heterocycles.